The van der Waals surface area contributed by atoms with Gasteiger partial charge in [0.15, 0.2) is 4.91 Å². The van der Waals surface area contributed by atoms with Gasteiger partial charge in [0.2, 0.25) is 0 Å². The minimum Gasteiger partial charge on any atom is -0.321 e. The minimum atomic E-state index is -4.12. The molecule has 1 heterocycles. The Morgan fingerprint density at radius 3 is 2.31 bits per heavy atom. The molecule has 4 rings (SSSR count). The molecule has 0 saturated heterocycles. The van der Waals surface area contributed by atoms with Crippen molar-refractivity contribution in [3.05, 3.63) is 99.4 Å². The maximum absolute atomic E-state index is 13.6. The van der Waals surface area contributed by atoms with Crippen LogP contribution >= 0.6 is 11.6 Å². The quantitative estimate of drug-likeness (QED) is 0.541. The normalized spacial score (nSPS) is 15.0. The largest absolute Gasteiger partial charge is 0.321 e. The molecule has 3 aromatic carbocycles. The SMILES string of the molecule is CC(C)c1ccccc1NC(=O)C1=C(c2ccccc2)c2cc(Cl)ccc2N(C)S1(=O)=O. The molecule has 0 radical (unpaired) electrons. The first-order chi connectivity index (χ1) is 15.2. The van der Waals surface area contributed by atoms with E-state index < -0.39 is 15.9 Å². The first kappa shape index (κ1) is 22.1. The highest BCUT2D eigenvalue weighted by molar-refractivity contribution is 7.97. The Bertz CT molecular complexity index is 1330. The number of hydrogen-bond acceptors (Lipinski definition) is 3. The van der Waals surface area contributed by atoms with Gasteiger partial charge in [0, 0.05) is 28.9 Å². The third kappa shape index (κ3) is 3.80. The molecular weight excluding hydrogens is 444 g/mol. The zero-order valence-corrected chi connectivity index (χ0v) is 19.5. The molecule has 0 fully saturated rings. The zero-order chi connectivity index (χ0) is 23.0. The van der Waals surface area contributed by atoms with E-state index in [0.29, 0.717) is 33.1 Å². The third-order valence-corrected chi connectivity index (χ3v) is 7.57. The molecule has 5 nitrogen and oxygen atoms in total. The van der Waals surface area contributed by atoms with E-state index in [-0.39, 0.29) is 10.8 Å². The molecule has 0 spiro atoms. The number of fused-ring (bicyclic) bond motifs is 1. The Balaban J connectivity index is 1.98. The molecule has 1 aliphatic heterocycles. The fourth-order valence-electron chi connectivity index (χ4n) is 3.92. The van der Waals surface area contributed by atoms with Gasteiger partial charge in [-0.3, -0.25) is 9.10 Å². The van der Waals surface area contributed by atoms with E-state index in [1.807, 2.05) is 38.1 Å². The summed E-state index contributed by atoms with van der Waals surface area (Å²) in [6.45, 7) is 4.03. The average Bonchev–Trinajstić information content (AvgIpc) is 2.76. The van der Waals surface area contributed by atoms with Gasteiger partial charge in [-0.2, -0.15) is 0 Å². The zero-order valence-electron chi connectivity index (χ0n) is 18.0. The smallest absolute Gasteiger partial charge is 0.270 e. The molecule has 0 atom stereocenters. The number of carbonyl (C=O) groups is 1. The number of hydrogen-bond donors (Lipinski definition) is 1. The molecule has 0 unspecified atom stereocenters. The first-order valence-corrected chi connectivity index (χ1v) is 12.0. The van der Waals surface area contributed by atoms with Crippen molar-refractivity contribution >= 4 is 44.5 Å². The highest BCUT2D eigenvalue weighted by Gasteiger charge is 2.40. The number of anilines is 2. The van der Waals surface area contributed by atoms with Crippen LogP contribution in [0.4, 0.5) is 11.4 Å². The molecule has 1 N–H and O–H groups in total. The van der Waals surface area contributed by atoms with Crippen LogP contribution in [-0.2, 0) is 14.8 Å². The van der Waals surface area contributed by atoms with E-state index in [1.165, 1.54) is 7.05 Å². The van der Waals surface area contributed by atoms with Crippen LogP contribution in [0.5, 0.6) is 0 Å². The molecule has 1 aliphatic rings. The number of rotatable bonds is 4. The maximum Gasteiger partial charge on any atom is 0.270 e. The predicted molar refractivity (Wildman–Crippen MR) is 130 cm³/mol. The van der Waals surface area contributed by atoms with Crippen molar-refractivity contribution in [3.63, 3.8) is 0 Å². The maximum atomic E-state index is 13.6. The van der Waals surface area contributed by atoms with E-state index >= 15 is 0 Å². The molecule has 7 heteroatoms. The van der Waals surface area contributed by atoms with E-state index in [0.717, 1.165) is 9.87 Å². The van der Waals surface area contributed by atoms with Crippen LogP contribution in [-0.4, -0.2) is 21.4 Å². The van der Waals surface area contributed by atoms with Crippen LogP contribution in [0, 0.1) is 0 Å². The van der Waals surface area contributed by atoms with Gasteiger partial charge in [-0.15, -0.1) is 0 Å². The van der Waals surface area contributed by atoms with E-state index in [1.54, 1.807) is 48.5 Å². The number of halogens is 1. The van der Waals surface area contributed by atoms with Gasteiger partial charge in [-0.1, -0.05) is 74.0 Å². The summed E-state index contributed by atoms with van der Waals surface area (Å²) in [5, 5.41) is 3.30. The van der Waals surface area contributed by atoms with E-state index in [9.17, 15) is 13.2 Å². The molecule has 1 amide bonds. The Morgan fingerprint density at radius 1 is 0.969 bits per heavy atom. The van der Waals surface area contributed by atoms with Gasteiger partial charge in [-0.25, -0.2) is 8.42 Å². The highest BCUT2D eigenvalue weighted by atomic mass is 35.5. The number of nitrogens with zero attached hydrogens (tertiary/aromatic N) is 1. The summed E-state index contributed by atoms with van der Waals surface area (Å²) in [5.41, 5.74) is 3.52. The van der Waals surface area contributed by atoms with Crippen LogP contribution < -0.4 is 9.62 Å². The van der Waals surface area contributed by atoms with Crippen LogP contribution in [0.15, 0.2) is 77.7 Å². The molecule has 32 heavy (non-hydrogen) atoms. The van der Waals surface area contributed by atoms with Gasteiger partial charge in [0.05, 0.1) is 5.69 Å². The summed E-state index contributed by atoms with van der Waals surface area (Å²) >= 11 is 6.27. The van der Waals surface area contributed by atoms with Crippen LogP contribution in [0.2, 0.25) is 5.02 Å². The lowest BCUT2D eigenvalue weighted by Crippen LogP contribution is -2.37. The Hall–Kier alpha value is -3.09. The molecule has 164 valence electrons. The average molecular weight is 467 g/mol. The predicted octanol–water partition coefficient (Wildman–Crippen LogP) is 5.64. The van der Waals surface area contributed by atoms with Crippen molar-refractivity contribution < 1.29 is 13.2 Å². The summed E-state index contributed by atoms with van der Waals surface area (Å²) in [6, 6.07) is 21.4. The molecule has 0 bridgehead atoms. The first-order valence-electron chi connectivity index (χ1n) is 10.2. The Labute approximate surface area is 193 Å². The van der Waals surface area contributed by atoms with Gasteiger partial charge in [0.25, 0.3) is 15.9 Å². The Morgan fingerprint density at radius 2 is 1.62 bits per heavy atom. The summed E-state index contributed by atoms with van der Waals surface area (Å²) in [5.74, 6) is -0.534. The number of sulfonamides is 1. The summed E-state index contributed by atoms with van der Waals surface area (Å²) in [6.07, 6.45) is 0. The number of benzene rings is 3. The lowest BCUT2D eigenvalue weighted by atomic mass is 9.95. The summed E-state index contributed by atoms with van der Waals surface area (Å²) in [4.78, 5) is 13.3. The molecule has 3 aromatic rings. The van der Waals surface area contributed by atoms with Crippen molar-refractivity contribution in [1.82, 2.24) is 0 Å². The second-order valence-corrected chi connectivity index (χ2v) is 10.2. The van der Waals surface area contributed by atoms with E-state index in [4.69, 9.17) is 11.6 Å². The van der Waals surface area contributed by atoms with E-state index in [2.05, 4.69) is 5.32 Å². The molecule has 0 aliphatic carbocycles. The Kier molecular flexibility index (Phi) is 5.84. The lowest BCUT2D eigenvalue weighted by Gasteiger charge is -2.31. The summed E-state index contributed by atoms with van der Waals surface area (Å²) in [7, 11) is -2.68. The standard InChI is InChI=1S/C25H23ClN2O3S/c1-16(2)19-11-7-8-12-21(19)27-25(29)24-23(17-9-5-4-6-10-17)20-15-18(26)13-14-22(20)28(3)32(24,30)31/h4-16H,1-3H3,(H,27,29). The van der Waals surface area contributed by atoms with Crippen molar-refractivity contribution in [2.45, 2.75) is 19.8 Å². The highest BCUT2D eigenvalue weighted by Crippen LogP contribution is 2.43. The van der Waals surface area contributed by atoms with Crippen molar-refractivity contribution in [2.75, 3.05) is 16.7 Å². The van der Waals surface area contributed by atoms with Crippen molar-refractivity contribution in [1.29, 1.82) is 0 Å². The molecule has 0 saturated carbocycles. The second-order valence-electron chi connectivity index (χ2n) is 7.90. The molecular formula is C25H23ClN2O3S. The van der Waals surface area contributed by atoms with Crippen LogP contribution in [0.25, 0.3) is 5.57 Å². The van der Waals surface area contributed by atoms with Crippen LogP contribution in [0.1, 0.15) is 36.5 Å². The fraction of sp³-hybridized carbons (Fsp3) is 0.160. The van der Waals surface area contributed by atoms with Crippen molar-refractivity contribution in [2.24, 2.45) is 0 Å². The second kappa shape index (κ2) is 8.45. The fourth-order valence-corrected chi connectivity index (χ4v) is 5.55. The number of carbonyl (C=O) groups excluding carboxylic acids is 1. The third-order valence-electron chi connectivity index (χ3n) is 5.51. The van der Waals surface area contributed by atoms with Gasteiger partial charge in [0.1, 0.15) is 0 Å². The van der Waals surface area contributed by atoms with Gasteiger partial charge in [-0.05, 0) is 41.3 Å². The number of amides is 1. The van der Waals surface area contributed by atoms with Gasteiger partial charge < -0.3 is 5.32 Å². The minimum absolute atomic E-state index is 0.152. The lowest BCUT2D eigenvalue weighted by molar-refractivity contribution is -0.112. The topological polar surface area (TPSA) is 66.5 Å². The number of para-hydroxylation sites is 1. The van der Waals surface area contributed by atoms with Crippen molar-refractivity contribution in [3.8, 4) is 0 Å². The summed E-state index contributed by atoms with van der Waals surface area (Å²) < 4.78 is 28.3. The van der Waals surface area contributed by atoms with Gasteiger partial charge >= 0.3 is 0 Å². The monoisotopic (exact) mass is 466 g/mol. The number of nitrogens with one attached hydrogen (secondary N) is 1. The van der Waals surface area contributed by atoms with Crippen LogP contribution in [0.3, 0.4) is 0 Å². The molecule has 0 aromatic heterocycles.